The van der Waals surface area contributed by atoms with Crippen molar-refractivity contribution in [2.24, 2.45) is 29.1 Å². The zero-order chi connectivity index (χ0) is 22.0. The van der Waals surface area contributed by atoms with E-state index in [-0.39, 0.29) is 17.3 Å². The first-order valence-corrected chi connectivity index (χ1v) is 10.6. The summed E-state index contributed by atoms with van der Waals surface area (Å²) >= 11 is 0. The molecule has 1 N–H and O–H groups in total. The van der Waals surface area contributed by atoms with E-state index in [1.807, 2.05) is 0 Å². The first kappa shape index (κ1) is 21.0. The number of methoxy groups -OCH3 is 1. The molecule has 30 heavy (non-hydrogen) atoms. The van der Waals surface area contributed by atoms with Crippen LogP contribution in [0.4, 0.5) is 0 Å². The summed E-state index contributed by atoms with van der Waals surface area (Å²) in [5.41, 5.74) is -2.82. The fraction of sp³-hybridized carbons (Fsp3) is 0.652. The molecule has 0 aromatic carbocycles. The number of esters is 1. The lowest BCUT2D eigenvalue weighted by Gasteiger charge is -2.64. The van der Waals surface area contributed by atoms with Gasteiger partial charge in [-0.05, 0) is 31.9 Å². The maximum atomic E-state index is 13.6. The van der Waals surface area contributed by atoms with Gasteiger partial charge in [0, 0.05) is 17.8 Å². The van der Waals surface area contributed by atoms with E-state index >= 15 is 0 Å². The molecular formula is C23H28O7. The van der Waals surface area contributed by atoms with Gasteiger partial charge in [0.05, 0.1) is 23.9 Å². The van der Waals surface area contributed by atoms with Crippen LogP contribution >= 0.6 is 0 Å². The second-order valence-electron chi connectivity index (χ2n) is 9.17. The van der Waals surface area contributed by atoms with Crippen molar-refractivity contribution in [3.63, 3.8) is 0 Å². The Morgan fingerprint density at radius 1 is 1.33 bits per heavy atom. The van der Waals surface area contributed by atoms with Crippen LogP contribution in [-0.2, 0) is 28.7 Å². The third-order valence-electron chi connectivity index (χ3n) is 7.70. The quantitative estimate of drug-likeness (QED) is 0.232. The highest BCUT2D eigenvalue weighted by Crippen LogP contribution is 2.74. The van der Waals surface area contributed by atoms with Gasteiger partial charge >= 0.3 is 5.97 Å². The Labute approximate surface area is 175 Å². The van der Waals surface area contributed by atoms with Crippen LogP contribution in [0.25, 0.3) is 0 Å². The van der Waals surface area contributed by atoms with Gasteiger partial charge in [-0.15, -0.1) is 0 Å². The van der Waals surface area contributed by atoms with Gasteiger partial charge in [-0.1, -0.05) is 26.2 Å². The number of carbonyl (C=O) groups is 4. The third-order valence-corrected chi connectivity index (χ3v) is 7.70. The molecule has 1 spiro atoms. The molecule has 0 amide bonds. The van der Waals surface area contributed by atoms with Crippen molar-refractivity contribution in [2.45, 2.75) is 58.2 Å². The molecule has 1 aliphatic heterocycles. The van der Waals surface area contributed by atoms with Gasteiger partial charge in [0.15, 0.2) is 17.9 Å². The first-order valence-electron chi connectivity index (χ1n) is 10.6. The number of aldehydes is 1. The number of Topliss-reactive ketones (excluding diaryl/α,β-unsaturated/α-hetero) is 2. The highest BCUT2D eigenvalue weighted by Gasteiger charge is 2.83. The highest BCUT2D eigenvalue weighted by atomic mass is 16.5. The predicted molar refractivity (Wildman–Crippen MR) is 105 cm³/mol. The summed E-state index contributed by atoms with van der Waals surface area (Å²) in [6.07, 6.45) is 5.30. The minimum Gasteiger partial charge on any atom is -0.494 e. The van der Waals surface area contributed by atoms with Crippen molar-refractivity contribution < 1.29 is 33.8 Å². The molecule has 0 unspecified atom stereocenters. The van der Waals surface area contributed by atoms with Crippen molar-refractivity contribution >= 4 is 23.8 Å². The van der Waals surface area contributed by atoms with E-state index in [9.17, 15) is 24.3 Å². The second-order valence-corrected chi connectivity index (χ2v) is 9.17. The predicted octanol–water partition coefficient (Wildman–Crippen LogP) is 1.92. The van der Waals surface area contributed by atoms with E-state index in [2.05, 4.69) is 6.92 Å². The van der Waals surface area contributed by atoms with Crippen molar-refractivity contribution in [3.05, 3.63) is 23.0 Å². The molecular weight excluding hydrogens is 388 g/mol. The maximum Gasteiger partial charge on any atom is 0.316 e. The number of ether oxygens (including phenoxy) is 2. The maximum absolute atomic E-state index is 13.6. The normalized spacial score (nSPS) is 41.4. The van der Waals surface area contributed by atoms with Gasteiger partial charge in [-0.25, -0.2) is 0 Å². The van der Waals surface area contributed by atoms with Crippen molar-refractivity contribution in [3.8, 4) is 0 Å². The largest absolute Gasteiger partial charge is 0.494 e. The Morgan fingerprint density at radius 2 is 2.03 bits per heavy atom. The Kier molecular flexibility index (Phi) is 4.80. The third kappa shape index (κ3) is 2.30. The molecule has 0 saturated heterocycles. The molecule has 0 radical (unpaired) electrons. The van der Waals surface area contributed by atoms with Crippen LogP contribution in [0.3, 0.4) is 0 Å². The first-order chi connectivity index (χ1) is 14.2. The summed E-state index contributed by atoms with van der Waals surface area (Å²) in [7, 11) is 1.19. The number of ketones is 2. The number of hydrogen-bond donors (Lipinski definition) is 1. The summed E-state index contributed by atoms with van der Waals surface area (Å²) < 4.78 is 11.1. The minimum atomic E-state index is -2.06. The molecule has 0 aromatic rings. The zero-order valence-electron chi connectivity index (χ0n) is 17.8. The fourth-order valence-corrected chi connectivity index (χ4v) is 6.71. The average molecular weight is 416 g/mol. The summed E-state index contributed by atoms with van der Waals surface area (Å²) in [6, 6.07) is 0. The lowest BCUT2D eigenvalue weighted by atomic mass is 9.41. The van der Waals surface area contributed by atoms with Gasteiger partial charge in [0.25, 0.3) is 0 Å². The molecule has 7 heteroatoms. The molecule has 3 aliphatic carbocycles. The summed E-state index contributed by atoms with van der Waals surface area (Å²) in [5, 5.41) is 11.3. The van der Waals surface area contributed by atoms with Gasteiger partial charge in [-0.3, -0.25) is 19.2 Å². The van der Waals surface area contributed by atoms with E-state index in [0.29, 0.717) is 17.6 Å². The van der Waals surface area contributed by atoms with Gasteiger partial charge in [0.2, 0.25) is 0 Å². The number of rotatable bonds is 6. The summed E-state index contributed by atoms with van der Waals surface area (Å²) in [6.45, 7) is 5.14. The highest BCUT2D eigenvalue weighted by molar-refractivity contribution is 6.20. The molecule has 7 atom stereocenters. The molecule has 4 rings (SSSR count). The topological polar surface area (TPSA) is 107 Å². The standard InChI is InChI=1S/C23H28O7/c1-5-6-7-8-12-16-17(25)15(21(27)29-4)18-22(3,28)19(26)13(10-24)14-9-11(2)30-20(12)23(14,16)18/h9-10,12,15-16,18,20,28H,5-8H2,1-4H3/t12-,15+,16+,18+,20+,22+,23-/m0/s1. The zero-order valence-corrected chi connectivity index (χ0v) is 17.8. The van der Waals surface area contributed by atoms with Crippen LogP contribution in [-0.4, -0.2) is 47.7 Å². The number of carbonyl (C=O) groups excluding carboxylic acids is 4. The van der Waals surface area contributed by atoms with E-state index < -0.39 is 46.6 Å². The smallest absolute Gasteiger partial charge is 0.316 e. The van der Waals surface area contributed by atoms with Crippen LogP contribution in [0.5, 0.6) is 0 Å². The molecule has 2 fully saturated rings. The Hall–Kier alpha value is -2.28. The van der Waals surface area contributed by atoms with E-state index in [1.165, 1.54) is 14.0 Å². The van der Waals surface area contributed by atoms with Crippen molar-refractivity contribution in [1.82, 2.24) is 0 Å². The van der Waals surface area contributed by atoms with Crippen molar-refractivity contribution in [1.29, 1.82) is 0 Å². The van der Waals surface area contributed by atoms with E-state index in [1.54, 1.807) is 13.0 Å². The molecule has 2 saturated carbocycles. The van der Waals surface area contributed by atoms with Crippen LogP contribution in [0.2, 0.25) is 0 Å². The van der Waals surface area contributed by atoms with Crippen LogP contribution in [0.15, 0.2) is 23.0 Å². The second kappa shape index (κ2) is 6.87. The number of allylic oxidation sites excluding steroid dienone is 2. The number of hydrogen-bond acceptors (Lipinski definition) is 7. The molecule has 1 heterocycles. The summed E-state index contributed by atoms with van der Waals surface area (Å²) in [5.74, 6) is -4.31. The van der Waals surface area contributed by atoms with Gasteiger partial charge in [0.1, 0.15) is 17.6 Å². The lowest BCUT2D eigenvalue weighted by Crippen LogP contribution is -2.71. The Morgan fingerprint density at radius 3 is 2.63 bits per heavy atom. The molecule has 4 aliphatic rings. The SMILES string of the molecule is CCCCC[C@@H]1[C@H]2OC(C)=CC3=C(C=O)C(=O)[C@](C)(O)[C@H]4[C@H](C(=O)OC)C(=O)[C@@H]1[C@]324. The van der Waals surface area contributed by atoms with Gasteiger partial charge in [-0.2, -0.15) is 0 Å². The number of unbranched alkanes of at least 4 members (excludes halogenated alkanes) is 2. The Bertz CT molecular complexity index is 895. The molecule has 0 bridgehead atoms. The van der Waals surface area contributed by atoms with Crippen LogP contribution < -0.4 is 0 Å². The number of aliphatic hydroxyl groups is 1. The molecule has 0 aromatic heterocycles. The molecule has 162 valence electrons. The molecule has 7 nitrogen and oxygen atoms in total. The van der Waals surface area contributed by atoms with E-state index in [0.717, 1.165) is 25.7 Å². The van der Waals surface area contributed by atoms with Crippen LogP contribution in [0, 0.1) is 29.1 Å². The van der Waals surface area contributed by atoms with Crippen molar-refractivity contribution in [2.75, 3.05) is 7.11 Å². The lowest BCUT2D eigenvalue weighted by molar-refractivity contribution is -0.214. The fourth-order valence-electron chi connectivity index (χ4n) is 6.71. The summed E-state index contributed by atoms with van der Waals surface area (Å²) in [4.78, 5) is 51.3. The van der Waals surface area contributed by atoms with E-state index in [4.69, 9.17) is 9.47 Å². The van der Waals surface area contributed by atoms with Crippen LogP contribution in [0.1, 0.15) is 46.5 Å². The minimum absolute atomic E-state index is 0.126. The van der Waals surface area contributed by atoms with Gasteiger partial charge < -0.3 is 14.6 Å². The monoisotopic (exact) mass is 416 g/mol. The Balaban J connectivity index is 1.96. The average Bonchev–Trinajstić information content (AvgIpc) is 2.93.